The van der Waals surface area contributed by atoms with Crippen LogP contribution in [0.15, 0.2) is 11.6 Å². The number of allylic oxidation sites excluding steroid dienone is 2. The number of halogens is 5. The standard InChI is InChI=1S/C15H17F5O5S/c1-7-2-8-4-10-9(3-7)6-13(10,5-8)12(21)25-11(14(16,17)18)15(19,20)26(22,23)24/h3,7-8,10-11H,2,4-6H2,1H3,(H,22,23,24). The number of rotatable bonds is 4. The number of esters is 1. The summed E-state index contributed by atoms with van der Waals surface area (Å²) in [4.78, 5) is 12.4. The zero-order chi connectivity index (χ0) is 19.7. The minimum absolute atomic E-state index is 0.0604. The van der Waals surface area contributed by atoms with E-state index in [1.165, 1.54) is 0 Å². The van der Waals surface area contributed by atoms with E-state index in [-0.39, 0.29) is 30.6 Å². The SMILES string of the molecule is CC1C=C2CC3(C(=O)OC(C(F)(F)F)C(F)(F)S(=O)(=O)O)CC(C1)CC23. The first-order chi connectivity index (χ1) is 11.7. The lowest BCUT2D eigenvalue weighted by Gasteiger charge is -2.46. The summed E-state index contributed by atoms with van der Waals surface area (Å²) >= 11 is 0. The highest BCUT2D eigenvalue weighted by atomic mass is 32.2. The molecule has 0 amide bonds. The van der Waals surface area contributed by atoms with E-state index in [0.717, 1.165) is 12.0 Å². The van der Waals surface area contributed by atoms with Crippen LogP contribution in [0.2, 0.25) is 0 Å². The van der Waals surface area contributed by atoms with Crippen molar-refractivity contribution in [1.29, 1.82) is 0 Å². The van der Waals surface area contributed by atoms with Crippen LogP contribution in [-0.4, -0.2) is 36.5 Å². The van der Waals surface area contributed by atoms with Crippen molar-refractivity contribution in [2.75, 3.05) is 0 Å². The summed E-state index contributed by atoms with van der Waals surface area (Å²) in [6, 6.07) is 0. The van der Waals surface area contributed by atoms with Gasteiger partial charge in [0.1, 0.15) is 0 Å². The molecule has 5 nitrogen and oxygen atoms in total. The number of fused-ring (bicyclic) bond motifs is 1. The summed E-state index contributed by atoms with van der Waals surface area (Å²) in [7, 11) is -6.43. The second-order valence-electron chi connectivity index (χ2n) is 7.51. The Hall–Kier alpha value is -1.23. The average Bonchev–Trinajstić information content (AvgIpc) is 2.63. The molecule has 2 fully saturated rings. The quantitative estimate of drug-likeness (QED) is 0.337. The van der Waals surface area contributed by atoms with Gasteiger partial charge in [-0.15, -0.1) is 0 Å². The fourth-order valence-electron chi connectivity index (χ4n) is 4.65. The van der Waals surface area contributed by atoms with Gasteiger partial charge in [0.2, 0.25) is 0 Å². The van der Waals surface area contributed by atoms with Crippen molar-refractivity contribution in [2.45, 2.75) is 50.1 Å². The molecule has 3 aliphatic carbocycles. The summed E-state index contributed by atoms with van der Waals surface area (Å²) < 4.78 is 100. The number of alkyl halides is 5. The molecule has 148 valence electrons. The molecule has 26 heavy (non-hydrogen) atoms. The molecule has 2 saturated carbocycles. The van der Waals surface area contributed by atoms with E-state index in [9.17, 15) is 35.2 Å². The van der Waals surface area contributed by atoms with Crippen LogP contribution < -0.4 is 0 Å². The van der Waals surface area contributed by atoms with E-state index < -0.39 is 39.0 Å². The third kappa shape index (κ3) is 2.83. The van der Waals surface area contributed by atoms with Gasteiger partial charge in [-0.05, 0) is 43.4 Å². The van der Waals surface area contributed by atoms with E-state index >= 15 is 0 Å². The van der Waals surface area contributed by atoms with Crippen LogP contribution in [-0.2, 0) is 19.6 Å². The van der Waals surface area contributed by atoms with E-state index in [2.05, 4.69) is 4.74 Å². The number of hydrogen-bond acceptors (Lipinski definition) is 4. The van der Waals surface area contributed by atoms with E-state index in [1.54, 1.807) is 0 Å². The molecule has 0 aromatic heterocycles. The Balaban J connectivity index is 1.88. The Labute approximate surface area is 146 Å². The molecule has 3 aliphatic rings. The van der Waals surface area contributed by atoms with Gasteiger partial charge in [-0.3, -0.25) is 9.35 Å². The van der Waals surface area contributed by atoms with Crippen LogP contribution >= 0.6 is 0 Å². The second kappa shape index (κ2) is 5.63. The highest BCUT2D eigenvalue weighted by molar-refractivity contribution is 7.86. The minimum atomic E-state index is -6.43. The summed E-state index contributed by atoms with van der Waals surface area (Å²) in [5, 5.41) is -5.70. The van der Waals surface area contributed by atoms with Gasteiger partial charge in [0.15, 0.2) is 0 Å². The first-order valence-electron chi connectivity index (χ1n) is 8.01. The molecule has 0 heterocycles. The fourth-order valence-corrected chi connectivity index (χ4v) is 5.11. The van der Waals surface area contributed by atoms with Crippen molar-refractivity contribution in [3.63, 3.8) is 0 Å². The third-order valence-corrected chi connectivity index (χ3v) is 6.54. The molecule has 0 saturated heterocycles. The monoisotopic (exact) mass is 404 g/mol. The van der Waals surface area contributed by atoms with Crippen LogP contribution in [0.3, 0.4) is 0 Å². The lowest BCUT2D eigenvalue weighted by molar-refractivity contribution is -0.264. The molecule has 5 unspecified atom stereocenters. The molecule has 1 N–H and O–H groups in total. The molecule has 0 radical (unpaired) electrons. The Kier molecular flexibility index (Phi) is 4.23. The topological polar surface area (TPSA) is 80.7 Å². The average molecular weight is 404 g/mol. The molecular weight excluding hydrogens is 387 g/mol. The van der Waals surface area contributed by atoms with E-state index in [0.29, 0.717) is 6.42 Å². The van der Waals surface area contributed by atoms with Crippen LogP contribution in [0.1, 0.15) is 32.6 Å². The maximum Gasteiger partial charge on any atom is 0.432 e. The highest BCUT2D eigenvalue weighted by Gasteiger charge is 2.69. The van der Waals surface area contributed by atoms with Gasteiger partial charge in [0, 0.05) is 0 Å². The molecule has 0 aromatic rings. The summed E-state index contributed by atoms with van der Waals surface area (Å²) in [5.41, 5.74) is -0.422. The lowest BCUT2D eigenvalue weighted by atomic mass is 9.57. The maximum absolute atomic E-state index is 13.6. The van der Waals surface area contributed by atoms with Gasteiger partial charge < -0.3 is 4.74 Å². The molecule has 5 atom stereocenters. The van der Waals surface area contributed by atoms with Crippen LogP contribution in [0.4, 0.5) is 22.0 Å². The van der Waals surface area contributed by atoms with Crippen molar-refractivity contribution in [1.82, 2.24) is 0 Å². The van der Waals surface area contributed by atoms with Gasteiger partial charge in [0.25, 0.3) is 6.10 Å². The minimum Gasteiger partial charge on any atom is -0.444 e. The number of ether oxygens (including phenoxy) is 1. The number of hydrogen-bond donors (Lipinski definition) is 1. The summed E-state index contributed by atoms with van der Waals surface area (Å²) in [6.07, 6.45) is -6.53. The molecule has 0 aliphatic heterocycles. The smallest absolute Gasteiger partial charge is 0.432 e. The predicted molar refractivity (Wildman–Crippen MR) is 77.6 cm³/mol. The van der Waals surface area contributed by atoms with Crippen molar-refractivity contribution in [3.8, 4) is 0 Å². The van der Waals surface area contributed by atoms with Gasteiger partial charge in [-0.1, -0.05) is 18.6 Å². The van der Waals surface area contributed by atoms with Crippen molar-refractivity contribution < 1.29 is 44.5 Å². The first-order valence-corrected chi connectivity index (χ1v) is 9.45. The lowest BCUT2D eigenvalue weighted by Crippen LogP contribution is -2.55. The first kappa shape index (κ1) is 19.5. The van der Waals surface area contributed by atoms with Gasteiger partial charge in [0.05, 0.1) is 5.41 Å². The van der Waals surface area contributed by atoms with Crippen LogP contribution in [0.25, 0.3) is 0 Å². The normalized spacial score (nSPS) is 35.2. The summed E-state index contributed by atoms with van der Waals surface area (Å²) in [6.45, 7) is 1.98. The van der Waals surface area contributed by atoms with Gasteiger partial charge >= 0.3 is 27.5 Å². The fraction of sp³-hybridized carbons (Fsp3) is 0.800. The Morgan fingerprint density at radius 3 is 2.46 bits per heavy atom. The second-order valence-corrected chi connectivity index (χ2v) is 9.00. The van der Waals surface area contributed by atoms with Crippen LogP contribution in [0, 0.1) is 23.2 Å². The van der Waals surface area contributed by atoms with E-state index in [4.69, 9.17) is 4.55 Å². The largest absolute Gasteiger partial charge is 0.444 e. The van der Waals surface area contributed by atoms with Crippen molar-refractivity contribution >= 4 is 16.1 Å². The molecule has 0 aromatic carbocycles. The van der Waals surface area contributed by atoms with Gasteiger partial charge in [-0.2, -0.15) is 30.4 Å². The van der Waals surface area contributed by atoms with Crippen LogP contribution in [0.5, 0.6) is 0 Å². The number of carbonyl (C=O) groups is 1. The Morgan fingerprint density at radius 1 is 1.31 bits per heavy atom. The van der Waals surface area contributed by atoms with E-state index in [1.807, 2.05) is 13.0 Å². The van der Waals surface area contributed by atoms with Crippen molar-refractivity contribution in [3.05, 3.63) is 11.6 Å². The molecule has 0 spiro atoms. The zero-order valence-corrected chi connectivity index (χ0v) is 14.4. The Morgan fingerprint density at radius 2 is 1.92 bits per heavy atom. The predicted octanol–water partition coefficient (Wildman–Crippen LogP) is 3.32. The molecule has 3 rings (SSSR count). The number of carbonyl (C=O) groups excluding carboxylic acids is 1. The summed E-state index contributed by atoms with van der Waals surface area (Å²) in [5.74, 6) is -1.52. The van der Waals surface area contributed by atoms with Crippen molar-refractivity contribution in [2.24, 2.45) is 23.2 Å². The van der Waals surface area contributed by atoms with Gasteiger partial charge in [-0.25, -0.2) is 0 Å². The Bertz CT molecular complexity index is 759. The highest BCUT2D eigenvalue weighted by Crippen LogP contribution is 2.66. The molecular formula is C15H17F5O5S. The maximum atomic E-state index is 13.6. The molecule has 2 bridgehead atoms. The zero-order valence-electron chi connectivity index (χ0n) is 13.6. The third-order valence-electron chi connectivity index (χ3n) is 5.64. The molecule has 11 heteroatoms.